The SMILES string of the molecule is Cc1ccc([C@@](O)(CCNC(=O)N2CCC2)C(F)(F)F)o1. The van der Waals surface area contributed by atoms with E-state index in [1.54, 1.807) is 0 Å². The molecule has 1 aromatic heterocycles. The lowest BCUT2D eigenvalue weighted by Gasteiger charge is -2.32. The van der Waals surface area contributed by atoms with Crippen LogP contribution in [0.3, 0.4) is 0 Å². The van der Waals surface area contributed by atoms with E-state index in [0.29, 0.717) is 13.1 Å². The van der Waals surface area contributed by atoms with Crippen LogP contribution in [0.2, 0.25) is 0 Å². The number of rotatable bonds is 4. The second kappa shape index (κ2) is 5.59. The summed E-state index contributed by atoms with van der Waals surface area (Å²) in [6.07, 6.45) is -4.70. The average molecular weight is 306 g/mol. The average Bonchev–Trinajstić information content (AvgIpc) is 2.72. The summed E-state index contributed by atoms with van der Waals surface area (Å²) in [5.74, 6) is -0.289. The number of carbonyl (C=O) groups is 1. The van der Waals surface area contributed by atoms with Crippen LogP contribution in [0.15, 0.2) is 16.5 Å². The number of likely N-dealkylation sites (tertiary alicyclic amines) is 1. The molecule has 0 radical (unpaired) electrons. The minimum Gasteiger partial charge on any atom is -0.463 e. The zero-order chi connectivity index (χ0) is 15.7. The first kappa shape index (κ1) is 15.7. The van der Waals surface area contributed by atoms with Crippen LogP contribution in [0.5, 0.6) is 0 Å². The largest absolute Gasteiger partial charge is 0.463 e. The quantitative estimate of drug-likeness (QED) is 0.895. The summed E-state index contributed by atoms with van der Waals surface area (Å²) in [6, 6.07) is 2.03. The molecule has 1 aromatic rings. The third-order valence-corrected chi connectivity index (χ3v) is 3.52. The van der Waals surface area contributed by atoms with E-state index >= 15 is 0 Å². The van der Waals surface area contributed by atoms with Crippen molar-refractivity contribution in [3.8, 4) is 0 Å². The van der Waals surface area contributed by atoms with Gasteiger partial charge in [0.2, 0.25) is 5.60 Å². The molecular formula is C13H17F3N2O3. The molecule has 0 aliphatic carbocycles. The minimum atomic E-state index is -4.89. The number of amides is 2. The molecule has 5 nitrogen and oxygen atoms in total. The number of nitrogens with zero attached hydrogens (tertiary/aromatic N) is 1. The third-order valence-electron chi connectivity index (χ3n) is 3.52. The Labute approximate surface area is 119 Å². The molecule has 1 fully saturated rings. The van der Waals surface area contributed by atoms with Crippen LogP contribution in [0, 0.1) is 6.92 Å². The Morgan fingerprint density at radius 3 is 2.52 bits per heavy atom. The molecule has 0 spiro atoms. The van der Waals surface area contributed by atoms with Crippen molar-refractivity contribution in [1.82, 2.24) is 10.2 Å². The van der Waals surface area contributed by atoms with Crippen LogP contribution < -0.4 is 5.32 Å². The molecule has 0 aromatic carbocycles. The summed E-state index contributed by atoms with van der Waals surface area (Å²) < 4.78 is 44.3. The van der Waals surface area contributed by atoms with E-state index in [2.05, 4.69) is 5.32 Å². The molecule has 8 heteroatoms. The molecule has 2 heterocycles. The van der Waals surface area contributed by atoms with Gasteiger partial charge >= 0.3 is 12.2 Å². The van der Waals surface area contributed by atoms with E-state index in [0.717, 1.165) is 12.5 Å². The monoisotopic (exact) mass is 306 g/mol. The summed E-state index contributed by atoms with van der Waals surface area (Å²) >= 11 is 0. The van der Waals surface area contributed by atoms with Crippen LogP contribution in [0.4, 0.5) is 18.0 Å². The summed E-state index contributed by atoms with van der Waals surface area (Å²) in [4.78, 5) is 13.0. The molecule has 21 heavy (non-hydrogen) atoms. The number of halogens is 3. The molecule has 2 rings (SSSR count). The van der Waals surface area contributed by atoms with Crippen molar-refractivity contribution in [2.45, 2.75) is 31.5 Å². The first-order chi connectivity index (χ1) is 9.74. The number of nitrogens with one attached hydrogen (secondary N) is 1. The van der Waals surface area contributed by atoms with Gasteiger partial charge in [-0.05, 0) is 25.5 Å². The lowest BCUT2D eigenvalue weighted by atomic mass is 9.96. The van der Waals surface area contributed by atoms with E-state index in [1.807, 2.05) is 0 Å². The maximum Gasteiger partial charge on any atom is 0.424 e. The number of hydrogen-bond donors (Lipinski definition) is 2. The van der Waals surface area contributed by atoms with Crippen LogP contribution >= 0.6 is 0 Å². The summed E-state index contributed by atoms with van der Waals surface area (Å²) in [7, 11) is 0. The highest BCUT2D eigenvalue weighted by Gasteiger charge is 2.56. The number of aryl methyl sites for hydroxylation is 1. The highest BCUT2D eigenvalue weighted by Crippen LogP contribution is 2.42. The predicted molar refractivity (Wildman–Crippen MR) is 67.6 cm³/mol. The zero-order valence-corrected chi connectivity index (χ0v) is 11.5. The summed E-state index contributed by atoms with van der Waals surface area (Å²) in [5, 5.41) is 12.3. The molecule has 1 atom stereocenters. The standard InChI is InChI=1S/C13H17F3N2O3/c1-9-3-4-10(21-9)12(20,13(14,15)16)5-6-17-11(19)18-7-2-8-18/h3-4,20H,2,5-8H2,1H3,(H,17,19)/t12-/m0/s1. The fraction of sp³-hybridized carbons (Fsp3) is 0.615. The maximum atomic E-state index is 13.1. The molecule has 118 valence electrons. The number of aliphatic hydroxyl groups is 1. The fourth-order valence-electron chi connectivity index (χ4n) is 2.04. The van der Waals surface area contributed by atoms with Gasteiger partial charge in [0, 0.05) is 26.1 Å². The molecule has 2 amide bonds. The van der Waals surface area contributed by atoms with E-state index in [9.17, 15) is 23.1 Å². The van der Waals surface area contributed by atoms with E-state index < -0.39 is 30.0 Å². The van der Waals surface area contributed by atoms with Gasteiger partial charge in [0.15, 0.2) is 0 Å². The van der Waals surface area contributed by atoms with Crippen LogP contribution in [0.25, 0.3) is 0 Å². The molecular weight excluding hydrogens is 289 g/mol. The van der Waals surface area contributed by atoms with Crippen molar-refractivity contribution in [2.75, 3.05) is 19.6 Å². The maximum absolute atomic E-state index is 13.1. The molecule has 1 aliphatic rings. The van der Waals surface area contributed by atoms with Gasteiger partial charge in [0.05, 0.1) is 0 Å². The number of carbonyl (C=O) groups excluding carboxylic acids is 1. The molecule has 0 unspecified atom stereocenters. The Hall–Kier alpha value is -1.70. The van der Waals surface area contributed by atoms with Crippen LogP contribution in [-0.4, -0.2) is 41.8 Å². The van der Waals surface area contributed by atoms with Gasteiger partial charge < -0.3 is 19.7 Å². The normalized spacial score (nSPS) is 18.0. The van der Waals surface area contributed by atoms with Crippen molar-refractivity contribution in [2.24, 2.45) is 0 Å². The topological polar surface area (TPSA) is 65.7 Å². The Morgan fingerprint density at radius 2 is 2.10 bits per heavy atom. The lowest BCUT2D eigenvalue weighted by Crippen LogP contribution is -2.50. The van der Waals surface area contributed by atoms with Crippen molar-refractivity contribution < 1.29 is 27.5 Å². The van der Waals surface area contributed by atoms with E-state index in [4.69, 9.17) is 4.42 Å². The number of urea groups is 1. The molecule has 2 N–H and O–H groups in total. The van der Waals surface area contributed by atoms with Gasteiger partial charge in [-0.25, -0.2) is 4.79 Å². The minimum absolute atomic E-state index is 0.275. The first-order valence-electron chi connectivity index (χ1n) is 6.63. The third kappa shape index (κ3) is 3.15. The molecule has 1 aliphatic heterocycles. The van der Waals surface area contributed by atoms with E-state index in [-0.39, 0.29) is 12.3 Å². The van der Waals surface area contributed by atoms with Gasteiger partial charge in [0.1, 0.15) is 11.5 Å². The van der Waals surface area contributed by atoms with Gasteiger partial charge in [-0.15, -0.1) is 0 Å². The smallest absolute Gasteiger partial charge is 0.424 e. The van der Waals surface area contributed by atoms with Crippen molar-refractivity contribution in [3.63, 3.8) is 0 Å². The first-order valence-corrected chi connectivity index (χ1v) is 6.63. The Balaban J connectivity index is 2.01. The van der Waals surface area contributed by atoms with Gasteiger partial charge in [-0.1, -0.05) is 0 Å². The molecule has 0 saturated carbocycles. The highest BCUT2D eigenvalue weighted by molar-refractivity contribution is 5.74. The summed E-state index contributed by atoms with van der Waals surface area (Å²) in [5.41, 5.74) is -3.11. The second-order valence-corrected chi connectivity index (χ2v) is 5.09. The Morgan fingerprint density at radius 1 is 1.43 bits per heavy atom. The number of alkyl halides is 3. The van der Waals surface area contributed by atoms with Crippen LogP contribution in [0.1, 0.15) is 24.4 Å². The Kier molecular flexibility index (Phi) is 4.18. The predicted octanol–water partition coefficient (Wildman–Crippen LogP) is 2.14. The molecule has 0 bridgehead atoms. The zero-order valence-electron chi connectivity index (χ0n) is 11.5. The number of hydrogen-bond acceptors (Lipinski definition) is 3. The highest BCUT2D eigenvalue weighted by atomic mass is 19.4. The van der Waals surface area contributed by atoms with Gasteiger partial charge in [-0.3, -0.25) is 0 Å². The van der Waals surface area contributed by atoms with Crippen molar-refractivity contribution in [3.05, 3.63) is 23.7 Å². The lowest BCUT2D eigenvalue weighted by molar-refractivity contribution is -0.274. The van der Waals surface area contributed by atoms with Crippen molar-refractivity contribution >= 4 is 6.03 Å². The molecule has 1 saturated heterocycles. The van der Waals surface area contributed by atoms with Crippen molar-refractivity contribution in [1.29, 1.82) is 0 Å². The van der Waals surface area contributed by atoms with Gasteiger partial charge in [0.25, 0.3) is 0 Å². The van der Waals surface area contributed by atoms with E-state index in [1.165, 1.54) is 17.9 Å². The second-order valence-electron chi connectivity index (χ2n) is 5.09. The Bertz CT molecular complexity index is 511. The van der Waals surface area contributed by atoms with Crippen LogP contribution in [-0.2, 0) is 5.60 Å². The summed E-state index contributed by atoms with van der Waals surface area (Å²) in [6.45, 7) is 2.40. The fourth-order valence-corrected chi connectivity index (χ4v) is 2.04. The van der Waals surface area contributed by atoms with Gasteiger partial charge in [-0.2, -0.15) is 13.2 Å². The number of furan rings is 1.